The van der Waals surface area contributed by atoms with Crippen molar-refractivity contribution in [3.8, 4) is 0 Å². The SMILES string of the molecule is Cc1cc(C(=O)N2CCCC(c3nc4ccccc4[nH]3)C2)cc(S(=O)(=O)N(C)C)c1C. The number of para-hydroxylation sites is 2. The number of piperidine rings is 1. The van der Waals surface area contributed by atoms with Crippen LogP contribution >= 0.6 is 0 Å². The van der Waals surface area contributed by atoms with Gasteiger partial charge >= 0.3 is 0 Å². The molecule has 8 heteroatoms. The molecule has 1 fully saturated rings. The Morgan fingerprint density at radius 1 is 1.19 bits per heavy atom. The molecule has 1 aliphatic heterocycles. The molecule has 1 aliphatic rings. The van der Waals surface area contributed by atoms with E-state index in [1.54, 1.807) is 13.0 Å². The molecule has 31 heavy (non-hydrogen) atoms. The number of hydrogen-bond acceptors (Lipinski definition) is 4. The van der Waals surface area contributed by atoms with Gasteiger partial charge in [0.2, 0.25) is 10.0 Å². The molecule has 1 aromatic heterocycles. The second-order valence-electron chi connectivity index (χ2n) is 8.43. The first kappa shape index (κ1) is 21.5. The van der Waals surface area contributed by atoms with Crippen molar-refractivity contribution in [2.45, 2.75) is 37.5 Å². The fraction of sp³-hybridized carbons (Fsp3) is 0.391. The number of aryl methyl sites for hydroxylation is 1. The zero-order valence-corrected chi connectivity index (χ0v) is 19.2. The predicted octanol–water partition coefficient (Wildman–Crippen LogP) is 3.45. The molecule has 164 valence electrons. The molecule has 3 aromatic rings. The number of nitrogens with one attached hydrogen (secondary N) is 1. The summed E-state index contributed by atoms with van der Waals surface area (Å²) in [6.07, 6.45) is 1.83. The fourth-order valence-corrected chi connectivity index (χ4v) is 5.37. The van der Waals surface area contributed by atoms with Crippen LogP contribution in [0.25, 0.3) is 11.0 Å². The number of hydrogen-bond donors (Lipinski definition) is 1. The Labute approximate surface area is 183 Å². The maximum absolute atomic E-state index is 13.3. The topological polar surface area (TPSA) is 86.4 Å². The summed E-state index contributed by atoms with van der Waals surface area (Å²) < 4.78 is 26.7. The Morgan fingerprint density at radius 3 is 2.65 bits per heavy atom. The number of sulfonamides is 1. The van der Waals surface area contributed by atoms with Crippen LogP contribution in [0.2, 0.25) is 0 Å². The summed E-state index contributed by atoms with van der Waals surface area (Å²) in [5, 5.41) is 0. The van der Waals surface area contributed by atoms with Gasteiger partial charge < -0.3 is 9.88 Å². The number of imidazole rings is 1. The minimum absolute atomic E-state index is 0.127. The van der Waals surface area contributed by atoms with Gasteiger partial charge in [-0.1, -0.05) is 12.1 Å². The molecule has 2 heterocycles. The van der Waals surface area contributed by atoms with Crippen molar-refractivity contribution >= 4 is 27.0 Å². The van der Waals surface area contributed by atoms with Crippen LogP contribution in [-0.4, -0.2) is 60.7 Å². The van der Waals surface area contributed by atoms with Gasteiger partial charge in [-0.15, -0.1) is 0 Å². The average molecular weight is 441 g/mol. The maximum Gasteiger partial charge on any atom is 0.253 e. The van der Waals surface area contributed by atoms with Crippen LogP contribution in [0.5, 0.6) is 0 Å². The van der Waals surface area contributed by atoms with Gasteiger partial charge in [0.15, 0.2) is 0 Å². The lowest BCUT2D eigenvalue weighted by Gasteiger charge is -2.32. The lowest BCUT2D eigenvalue weighted by molar-refractivity contribution is 0.0704. The van der Waals surface area contributed by atoms with Crippen molar-refractivity contribution in [3.05, 3.63) is 58.9 Å². The van der Waals surface area contributed by atoms with Crippen molar-refractivity contribution in [2.75, 3.05) is 27.2 Å². The molecule has 2 aromatic carbocycles. The Morgan fingerprint density at radius 2 is 1.94 bits per heavy atom. The van der Waals surface area contributed by atoms with Crippen LogP contribution in [-0.2, 0) is 10.0 Å². The summed E-state index contributed by atoms with van der Waals surface area (Å²) in [6.45, 7) is 4.83. The summed E-state index contributed by atoms with van der Waals surface area (Å²) >= 11 is 0. The summed E-state index contributed by atoms with van der Waals surface area (Å²) in [5.74, 6) is 0.885. The van der Waals surface area contributed by atoms with E-state index in [1.165, 1.54) is 24.5 Å². The third-order valence-corrected chi connectivity index (χ3v) is 8.07. The molecule has 1 saturated heterocycles. The normalized spacial score (nSPS) is 17.5. The quantitative estimate of drug-likeness (QED) is 0.673. The maximum atomic E-state index is 13.3. The zero-order valence-electron chi connectivity index (χ0n) is 18.3. The molecule has 7 nitrogen and oxygen atoms in total. The van der Waals surface area contributed by atoms with E-state index >= 15 is 0 Å². The van der Waals surface area contributed by atoms with E-state index in [1.807, 2.05) is 36.1 Å². The smallest absolute Gasteiger partial charge is 0.253 e. The van der Waals surface area contributed by atoms with Crippen molar-refractivity contribution in [2.24, 2.45) is 0 Å². The lowest BCUT2D eigenvalue weighted by Crippen LogP contribution is -2.39. The molecule has 0 saturated carbocycles. The van der Waals surface area contributed by atoms with Crippen LogP contribution in [0, 0.1) is 13.8 Å². The number of carbonyl (C=O) groups is 1. The van der Waals surface area contributed by atoms with Crippen LogP contribution in [0.1, 0.15) is 46.1 Å². The molecule has 0 bridgehead atoms. The number of fused-ring (bicyclic) bond motifs is 1. The lowest BCUT2D eigenvalue weighted by atomic mass is 9.96. The highest BCUT2D eigenvalue weighted by atomic mass is 32.2. The molecule has 1 amide bonds. The van der Waals surface area contributed by atoms with Gasteiger partial charge in [0.1, 0.15) is 5.82 Å². The first-order valence-electron chi connectivity index (χ1n) is 10.5. The van der Waals surface area contributed by atoms with Crippen LogP contribution in [0.15, 0.2) is 41.3 Å². The minimum atomic E-state index is -3.64. The van der Waals surface area contributed by atoms with Crippen molar-refractivity contribution in [3.63, 3.8) is 0 Å². The van der Waals surface area contributed by atoms with Gasteiger partial charge in [0.25, 0.3) is 5.91 Å². The van der Waals surface area contributed by atoms with Crippen molar-refractivity contribution < 1.29 is 13.2 Å². The zero-order chi connectivity index (χ0) is 22.3. The Hall–Kier alpha value is -2.71. The van der Waals surface area contributed by atoms with E-state index in [0.717, 1.165) is 35.3 Å². The number of rotatable bonds is 4. The first-order chi connectivity index (χ1) is 14.7. The van der Waals surface area contributed by atoms with Gasteiger partial charge in [-0.25, -0.2) is 17.7 Å². The molecule has 1 unspecified atom stereocenters. The number of amides is 1. The molecule has 4 rings (SSSR count). The molecule has 0 radical (unpaired) electrons. The second kappa shape index (κ2) is 8.09. The van der Waals surface area contributed by atoms with E-state index < -0.39 is 10.0 Å². The molecular weight excluding hydrogens is 412 g/mol. The van der Waals surface area contributed by atoms with E-state index in [0.29, 0.717) is 24.2 Å². The highest BCUT2D eigenvalue weighted by molar-refractivity contribution is 7.89. The van der Waals surface area contributed by atoms with Gasteiger partial charge in [0, 0.05) is 38.7 Å². The molecule has 0 aliphatic carbocycles. The minimum Gasteiger partial charge on any atom is -0.342 e. The van der Waals surface area contributed by atoms with Crippen LogP contribution in [0.3, 0.4) is 0 Å². The summed E-state index contributed by atoms with van der Waals surface area (Å²) in [7, 11) is -0.635. The Bertz CT molecular complexity index is 1210. The summed E-state index contributed by atoms with van der Waals surface area (Å²) in [5.41, 5.74) is 3.79. The van der Waals surface area contributed by atoms with E-state index in [4.69, 9.17) is 4.98 Å². The van der Waals surface area contributed by atoms with E-state index in [2.05, 4.69) is 4.98 Å². The molecule has 1 atom stereocenters. The number of carbonyl (C=O) groups excluding carboxylic acids is 1. The largest absolute Gasteiger partial charge is 0.342 e. The number of likely N-dealkylation sites (tertiary alicyclic amines) is 1. The fourth-order valence-electron chi connectivity index (χ4n) is 4.15. The first-order valence-corrected chi connectivity index (χ1v) is 11.9. The monoisotopic (exact) mass is 440 g/mol. The van der Waals surface area contributed by atoms with Gasteiger partial charge in [-0.3, -0.25) is 4.79 Å². The molecule has 0 spiro atoms. The van der Waals surface area contributed by atoms with Gasteiger partial charge in [-0.05, 0) is 62.1 Å². The van der Waals surface area contributed by atoms with Crippen molar-refractivity contribution in [1.82, 2.24) is 19.2 Å². The average Bonchev–Trinajstić information content (AvgIpc) is 3.19. The third kappa shape index (κ3) is 3.97. The Kier molecular flexibility index (Phi) is 5.61. The van der Waals surface area contributed by atoms with Gasteiger partial charge in [-0.2, -0.15) is 0 Å². The number of H-pyrrole nitrogens is 1. The summed E-state index contributed by atoms with van der Waals surface area (Å²) in [4.78, 5) is 23.5. The third-order valence-electron chi connectivity index (χ3n) is 6.13. The standard InChI is InChI=1S/C23H28N4O3S/c1-15-12-18(13-21(16(15)2)31(29,30)26(3)4)23(28)27-11-7-8-17(14-27)22-24-19-9-5-6-10-20(19)25-22/h5-6,9-10,12-13,17H,7-8,11,14H2,1-4H3,(H,24,25). The van der Waals surface area contributed by atoms with Crippen LogP contribution in [0.4, 0.5) is 0 Å². The number of nitrogens with zero attached hydrogens (tertiary/aromatic N) is 3. The molecule has 1 N–H and O–H groups in total. The van der Waals surface area contributed by atoms with Gasteiger partial charge in [0.05, 0.1) is 15.9 Å². The number of aromatic amines is 1. The number of benzene rings is 2. The van der Waals surface area contributed by atoms with E-state index in [-0.39, 0.29) is 16.7 Å². The Balaban J connectivity index is 1.62. The predicted molar refractivity (Wildman–Crippen MR) is 121 cm³/mol. The highest BCUT2D eigenvalue weighted by Crippen LogP contribution is 2.29. The number of aromatic nitrogens is 2. The molecular formula is C23H28N4O3S. The summed E-state index contributed by atoms with van der Waals surface area (Å²) in [6, 6.07) is 11.2. The van der Waals surface area contributed by atoms with Crippen molar-refractivity contribution in [1.29, 1.82) is 0 Å². The van der Waals surface area contributed by atoms with Crippen LogP contribution < -0.4 is 0 Å². The second-order valence-corrected chi connectivity index (χ2v) is 10.6. The van der Waals surface area contributed by atoms with E-state index in [9.17, 15) is 13.2 Å². The highest BCUT2D eigenvalue weighted by Gasteiger charge is 2.29.